The summed E-state index contributed by atoms with van der Waals surface area (Å²) in [5.41, 5.74) is 1.21. The number of ether oxygens (including phenoxy) is 1. The summed E-state index contributed by atoms with van der Waals surface area (Å²) in [5.74, 6) is -0.631. The van der Waals surface area contributed by atoms with Gasteiger partial charge in [-0.15, -0.1) is 0 Å². The Balaban J connectivity index is 1.61. The Morgan fingerprint density at radius 1 is 1.03 bits per heavy atom. The Hall–Kier alpha value is -2.31. The molecule has 0 aromatic heterocycles. The van der Waals surface area contributed by atoms with Gasteiger partial charge in [0, 0.05) is 28.9 Å². The molecular weight excluding hydrogens is 476 g/mol. The van der Waals surface area contributed by atoms with Crippen LogP contribution in [0.5, 0.6) is 0 Å². The zero-order chi connectivity index (χ0) is 21.7. The summed E-state index contributed by atoms with van der Waals surface area (Å²) in [6.07, 6.45) is 0. The first-order valence-corrected chi connectivity index (χ1v) is 11.4. The Kier molecular flexibility index (Phi) is 7.21. The van der Waals surface area contributed by atoms with Gasteiger partial charge in [0.1, 0.15) is 0 Å². The number of rotatable bonds is 6. The third kappa shape index (κ3) is 6.09. The minimum absolute atomic E-state index is 0.127. The molecule has 2 amide bonds. The molecule has 4 N–H and O–H groups in total. The van der Waals surface area contributed by atoms with Gasteiger partial charge in [-0.3, -0.25) is 14.5 Å². The van der Waals surface area contributed by atoms with Crippen LogP contribution in [-0.2, 0) is 19.6 Å². The van der Waals surface area contributed by atoms with Crippen molar-refractivity contribution in [2.75, 3.05) is 43.5 Å². The number of primary sulfonamides is 1. The van der Waals surface area contributed by atoms with Gasteiger partial charge in [0.25, 0.3) is 5.91 Å². The number of carbonyl (C=O) groups is 2. The van der Waals surface area contributed by atoms with E-state index in [1.807, 2.05) is 4.90 Å². The van der Waals surface area contributed by atoms with Crippen molar-refractivity contribution in [3.63, 3.8) is 0 Å². The Morgan fingerprint density at radius 3 is 2.23 bits per heavy atom. The SMILES string of the molecule is NS(=O)(=O)c1ccc(Br)c(C(=O)Nc2ccc(NC(=O)CN3CCOCC3)cc2)c1. The minimum Gasteiger partial charge on any atom is -0.379 e. The lowest BCUT2D eigenvalue weighted by atomic mass is 10.2. The van der Waals surface area contributed by atoms with E-state index < -0.39 is 15.9 Å². The minimum atomic E-state index is -3.93. The molecule has 1 aliphatic heterocycles. The van der Waals surface area contributed by atoms with Gasteiger partial charge < -0.3 is 15.4 Å². The van der Waals surface area contributed by atoms with Gasteiger partial charge in [0.15, 0.2) is 0 Å². The van der Waals surface area contributed by atoms with Gasteiger partial charge in [-0.05, 0) is 58.4 Å². The van der Waals surface area contributed by atoms with E-state index in [2.05, 4.69) is 26.6 Å². The van der Waals surface area contributed by atoms with Crippen LogP contribution < -0.4 is 15.8 Å². The second-order valence-electron chi connectivity index (χ2n) is 6.65. The highest BCUT2D eigenvalue weighted by Gasteiger charge is 2.16. The monoisotopic (exact) mass is 496 g/mol. The molecule has 1 aliphatic rings. The zero-order valence-electron chi connectivity index (χ0n) is 15.9. The number of hydrogen-bond donors (Lipinski definition) is 3. The van der Waals surface area contributed by atoms with Crippen LogP contribution in [-0.4, -0.2) is 58.0 Å². The molecule has 1 heterocycles. The molecular formula is C19H21BrN4O5S. The Bertz CT molecular complexity index is 1040. The van der Waals surface area contributed by atoms with E-state index in [1.54, 1.807) is 24.3 Å². The lowest BCUT2D eigenvalue weighted by molar-refractivity contribution is -0.118. The average Bonchev–Trinajstić information content (AvgIpc) is 2.69. The van der Waals surface area contributed by atoms with Crippen LogP contribution in [0.25, 0.3) is 0 Å². The Labute approximate surface area is 182 Å². The smallest absolute Gasteiger partial charge is 0.256 e. The molecule has 0 atom stereocenters. The highest BCUT2D eigenvalue weighted by Crippen LogP contribution is 2.22. The molecule has 1 fully saturated rings. The predicted octanol–water partition coefficient (Wildman–Crippen LogP) is 1.62. The lowest BCUT2D eigenvalue weighted by Crippen LogP contribution is -2.41. The number of hydrogen-bond acceptors (Lipinski definition) is 6. The first kappa shape index (κ1) is 22.4. The van der Waals surface area contributed by atoms with E-state index in [4.69, 9.17) is 9.88 Å². The third-order valence-electron chi connectivity index (χ3n) is 4.41. The number of benzene rings is 2. The molecule has 2 aromatic carbocycles. The average molecular weight is 497 g/mol. The first-order valence-electron chi connectivity index (χ1n) is 9.06. The summed E-state index contributed by atoms with van der Waals surface area (Å²) >= 11 is 3.23. The molecule has 2 aromatic rings. The summed E-state index contributed by atoms with van der Waals surface area (Å²) in [4.78, 5) is 26.5. The topological polar surface area (TPSA) is 131 Å². The summed E-state index contributed by atoms with van der Waals surface area (Å²) in [6, 6.07) is 10.6. The van der Waals surface area contributed by atoms with Crippen molar-refractivity contribution in [3.05, 3.63) is 52.5 Å². The van der Waals surface area contributed by atoms with Gasteiger partial charge in [0.05, 0.1) is 30.2 Å². The molecule has 30 heavy (non-hydrogen) atoms. The second-order valence-corrected chi connectivity index (χ2v) is 9.07. The van der Waals surface area contributed by atoms with Gasteiger partial charge >= 0.3 is 0 Å². The molecule has 0 aliphatic carbocycles. The number of carbonyl (C=O) groups excluding carboxylic acids is 2. The van der Waals surface area contributed by atoms with Crippen molar-refractivity contribution in [1.29, 1.82) is 0 Å². The van der Waals surface area contributed by atoms with Crippen molar-refractivity contribution >= 4 is 49.1 Å². The van der Waals surface area contributed by atoms with Crippen molar-refractivity contribution in [1.82, 2.24) is 4.90 Å². The third-order valence-corrected chi connectivity index (χ3v) is 6.01. The highest BCUT2D eigenvalue weighted by molar-refractivity contribution is 9.10. The van der Waals surface area contributed by atoms with Gasteiger partial charge in [-0.25, -0.2) is 13.6 Å². The van der Waals surface area contributed by atoms with Crippen LogP contribution in [0.3, 0.4) is 0 Å². The van der Waals surface area contributed by atoms with Crippen molar-refractivity contribution in [2.45, 2.75) is 4.90 Å². The fourth-order valence-corrected chi connectivity index (χ4v) is 3.82. The van der Waals surface area contributed by atoms with Gasteiger partial charge in [-0.1, -0.05) is 0 Å². The maximum atomic E-state index is 12.5. The summed E-state index contributed by atoms with van der Waals surface area (Å²) < 4.78 is 28.7. The van der Waals surface area contributed by atoms with E-state index >= 15 is 0 Å². The molecule has 0 saturated carbocycles. The molecule has 0 bridgehead atoms. The molecule has 0 radical (unpaired) electrons. The molecule has 3 rings (SSSR count). The van der Waals surface area contributed by atoms with E-state index in [1.165, 1.54) is 18.2 Å². The molecule has 0 spiro atoms. The number of nitrogens with one attached hydrogen (secondary N) is 2. The first-order chi connectivity index (χ1) is 14.2. The second kappa shape index (κ2) is 9.67. The van der Waals surface area contributed by atoms with Crippen LogP contribution in [0, 0.1) is 0 Å². The van der Waals surface area contributed by atoms with Crippen LogP contribution in [0.2, 0.25) is 0 Å². The van der Waals surface area contributed by atoms with Crippen LogP contribution in [0.4, 0.5) is 11.4 Å². The zero-order valence-corrected chi connectivity index (χ0v) is 18.3. The maximum Gasteiger partial charge on any atom is 0.256 e. The number of nitrogens with two attached hydrogens (primary N) is 1. The molecule has 11 heteroatoms. The highest BCUT2D eigenvalue weighted by atomic mass is 79.9. The lowest BCUT2D eigenvalue weighted by Gasteiger charge is -2.25. The summed E-state index contributed by atoms with van der Waals surface area (Å²) in [6.45, 7) is 2.98. The van der Waals surface area contributed by atoms with Gasteiger partial charge in [-0.2, -0.15) is 0 Å². The molecule has 0 unspecified atom stereocenters. The van der Waals surface area contributed by atoms with E-state index in [9.17, 15) is 18.0 Å². The fraction of sp³-hybridized carbons (Fsp3) is 0.263. The number of amides is 2. The number of halogens is 1. The molecule has 160 valence electrons. The molecule has 1 saturated heterocycles. The quantitative estimate of drug-likeness (QED) is 0.556. The van der Waals surface area contributed by atoms with Crippen molar-refractivity contribution in [2.24, 2.45) is 5.14 Å². The summed E-state index contributed by atoms with van der Waals surface area (Å²) in [7, 11) is -3.93. The Morgan fingerprint density at radius 2 is 1.63 bits per heavy atom. The molecule has 9 nitrogen and oxygen atoms in total. The number of anilines is 2. The van der Waals surface area contributed by atoms with Crippen LogP contribution in [0.1, 0.15) is 10.4 Å². The van der Waals surface area contributed by atoms with Crippen LogP contribution in [0.15, 0.2) is 51.8 Å². The largest absolute Gasteiger partial charge is 0.379 e. The number of sulfonamides is 1. The standard InChI is InChI=1S/C19H21BrN4O5S/c20-17-6-5-15(30(21,27)28)11-16(17)19(26)23-14-3-1-13(2-4-14)22-18(25)12-24-7-9-29-10-8-24/h1-6,11H,7-10,12H2,(H,22,25)(H,23,26)(H2,21,27,28). The predicted molar refractivity (Wildman–Crippen MR) is 116 cm³/mol. The van der Waals surface area contributed by atoms with E-state index in [0.29, 0.717) is 29.1 Å². The van der Waals surface area contributed by atoms with E-state index in [-0.39, 0.29) is 22.9 Å². The maximum absolute atomic E-state index is 12.5. The summed E-state index contributed by atoms with van der Waals surface area (Å²) in [5, 5.41) is 10.6. The van der Waals surface area contributed by atoms with E-state index in [0.717, 1.165) is 13.1 Å². The van der Waals surface area contributed by atoms with Crippen LogP contribution >= 0.6 is 15.9 Å². The van der Waals surface area contributed by atoms with Gasteiger partial charge in [0.2, 0.25) is 15.9 Å². The normalized spacial score (nSPS) is 14.9. The number of morpholine rings is 1. The van der Waals surface area contributed by atoms with Crippen molar-refractivity contribution < 1.29 is 22.7 Å². The fourth-order valence-electron chi connectivity index (χ4n) is 2.85. The number of nitrogens with zero attached hydrogens (tertiary/aromatic N) is 1. The van der Waals surface area contributed by atoms with Crippen molar-refractivity contribution in [3.8, 4) is 0 Å².